The molecule has 2 aromatic carbocycles. The highest BCUT2D eigenvalue weighted by Gasteiger charge is 2.05. The summed E-state index contributed by atoms with van der Waals surface area (Å²) in [5, 5.41) is 3.47. The number of amides is 1. The third-order valence-electron chi connectivity index (χ3n) is 2.91. The smallest absolute Gasteiger partial charge is 0.207 e. The Bertz CT molecular complexity index is 536. The Morgan fingerprint density at radius 2 is 1.78 bits per heavy atom. The molecule has 0 radical (unpaired) electrons. The number of hydrogen-bond acceptors (Lipinski definition) is 1. The van der Waals surface area contributed by atoms with Gasteiger partial charge in [0.25, 0.3) is 0 Å². The molecule has 0 fully saturated rings. The van der Waals surface area contributed by atoms with Crippen molar-refractivity contribution in [3.63, 3.8) is 0 Å². The summed E-state index contributed by atoms with van der Waals surface area (Å²) >= 11 is 6.15. The van der Waals surface area contributed by atoms with E-state index >= 15 is 0 Å². The average molecular weight is 260 g/mol. The van der Waals surface area contributed by atoms with Gasteiger partial charge in [-0.15, -0.1) is 0 Å². The molecule has 92 valence electrons. The fraction of sp³-hybridized carbons (Fsp3) is 0.133. The van der Waals surface area contributed by atoms with Crippen molar-refractivity contribution in [1.29, 1.82) is 0 Å². The van der Waals surface area contributed by atoms with Gasteiger partial charge in [0.15, 0.2) is 0 Å². The lowest BCUT2D eigenvalue weighted by atomic mass is 10.0. The summed E-state index contributed by atoms with van der Waals surface area (Å²) in [6, 6.07) is 15.8. The fourth-order valence-corrected chi connectivity index (χ4v) is 2.09. The van der Waals surface area contributed by atoms with Gasteiger partial charge in [0.2, 0.25) is 6.41 Å². The number of rotatable bonds is 4. The molecule has 18 heavy (non-hydrogen) atoms. The van der Waals surface area contributed by atoms with Gasteiger partial charge in [-0.1, -0.05) is 54.1 Å². The largest absolute Gasteiger partial charge is 0.352 e. The molecule has 2 rings (SSSR count). The maximum absolute atomic E-state index is 10.4. The van der Waals surface area contributed by atoms with E-state index in [2.05, 4.69) is 5.32 Å². The van der Waals surface area contributed by atoms with Crippen LogP contribution >= 0.6 is 11.6 Å². The van der Waals surface area contributed by atoms with Crippen LogP contribution in [-0.4, -0.2) is 6.41 Å². The highest BCUT2D eigenvalue weighted by molar-refractivity contribution is 6.33. The second kappa shape index (κ2) is 5.69. The van der Waals surface area contributed by atoms with Crippen molar-refractivity contribution in [2.24, 2.45) is 0 Å². The molecule has 0 bridgehead atoms. The van der Waals surface area contributed by atoms with Crippen molar-refractivity contribution in [1.82, 2.24) is 5.32 Å². The zero-order valence-corrected chi connectivity index (χ0v) is 10.8. The summed E-state index contributed by atoms with van der Waals surface area (Å²) in [6.45, 7) is 1.94. The fourth-order valence-electron chi connectivity index (χ4n) is 1.84. The first kappa shape index (κ1) is 12.7. The van der Waals surface area contributed by atoms with Gasteiger partial charge in [-0.3, -0.25) is 4.79 Å². The average Bonchev–Trinajstić information content (AvgIpc) is 2.40. The van der Waals surface area contributed by atoms with E-state index in [1.165, 1.54) is 0 Å². The summed E-state index contributed by atoms with van der Waals surface area (Å²) in [7, 11) is 0. The van der Waals surface area contributed by atoms with E-state index in [1.807, 2.05) is 55.5 Å². The van der Waals surface area contributed by atoms with Gasteiger partial charge in [-0.2, -0.15) is 0 Å². The van der Waals surface area contributed by atoms with Crippen molar-refractivity contribution < 1.29 is 4.79 Å². The maximum Gasteiger partial charge on any atom is 0.207 e. The molecule has 1 amide bonds. The first-order chi connectivity index (χ1) is 8.72. The van der Waals surface area contributed by atoms with Crippen molar-refractivity contribution in [3.05, 3.63) is 59.1 Å². The van der Waals surface area contributed by atoms with Crippen LogP contribution in [0.3, 0.4) is 0 Å². The van der Waals surface area contributed by atoms with E-state index in [0.717, 1.165) is 21.7 Å². The summed E-state index contributed by atoms with van der Waals surface area (Å²) < 4.78 is 0. The normalized spacial score (nSPS) is 11.9. The number of carbonyl (C=O) groups excluding carboxylic acids is 1. The summed E-state index contributed by atoms with van der Waals surface area (Å²) in [5.41, 5.74) is 3.15. The molecule has 0 saturated carbocycles. The summed E-state index contributed by atoms with van der Waals surface area (Å²) in [5.74, 6) is 0. The van der Waals surface area contributed by atoms with Crippen LogP contribution in [0.1, 0.15) is 18.5 Å². The lowest BCUT2D eigenvalue weighted by molar-refractivity contribution is -0.110. The molecule has 3 heteroatoms. The molecule has 0 aromatic heterocycles. The van der Waals surface area contributed by atoms with Crippen molar-refractivity contribution in [2.75, 3.05) is 0 Å². The van der Waals surface area contributed by atoms with E-state index in [1.54, 1.807) is 0 Å². The predicted molar refractivity (Wildman–Crippen MR) is 74.5 cm³/mol. The molecule has 2 aromatic rings. The van der Waals surface area contributed by atoms with Crippen LogP contribution in [0.5, 0.6) is 0 Å². The van der Waals surface area contributed by atoms with Crippen molar-refractivity contribution in [3.8, 4) is 11.1 Å². The highest BCUT2D eigenvalue weighted by Crippen LogP contribution is 2.28. The molecule has 0 aliphatic heterocycles. The minimum absolute atomic E-state index is 0.0165. The van der Waals surface area contributed by atoms with Gasteiger partial charge in [-0.05, 0) is 24.1 Å². The monoisotopic (exact) mass is 259 g/mol. The molecule has 0 unspecified atom stereocenters. The number of carbonyl (C=O) groups is 1. The Balaban J connectivity index is 2.28. The maximum atomic E-state index is 10.4. The van der Waals surface area contributed by atoms with Crippen LogP contribution in [0.15, 0.2) is 48.5 Å². The number of nitrogens with one attached hydrogen (secondary N) is 1. The van der Waals surface area contributed by atoms with Crippen molar-refractivity contribution in [2.45, 2.75) is 13.0 Å². The number of benzene rings is 2. The van der Waals surface area contributed by atoms with E-state index in [0.29, 0.717) is 6.41 Å². The Morgan fingerprint density at radius 3 is 2.39 bits per heavy atom. The highest BCUT2D eigenvalue weighted by atomic mass is 35.5. The molecule has 2 nitrogen and oxygen atoms in total. The van der Waals surface area contributed by atoms with Crippen LogP contribution < -0.4 is 5.32 Å². The lowest BCUT2D eigenvalue weighted by Crippen LogP contribution is -2.15. The second-order valence-electron chi connectivity index (χ2n) is 4.11. The summed E-state index contributed by atoms with van der Waals surface area (Å²) in [4.78, 5) is 10.4. The molecule has 0 aliphatic rings. The molecule has 1 atom stereocenters. The SMILES string of the molecule is C[C@H](NC=O)c1ccc(-c2ccccc2Cl)cc1. The molecular formula is C15H14ClNO. The molecule has 0 aliphatic carbocycles. The Hall–Kier alpha value is -1.80. The molecule has 0 spiro atoms. The zero-order valence-electron chi connectivity index (χ0n) is 10.1. The van der Waals surface area contributed by atoms with Crippen molar-refractivity contribution >= 4 is 18.0 Å². The first-order valence-electron chi connectivity index (χ1n) is 5.77. The predicted octanol–water partition coefficient (Wildman–Crippen LogP) is 3.81. The third-order valence-corrected chi connectivity index (χ3v) is 3.24. The Kier molecular flexibility index (Phi) is 4.00. The van der Waals surface area contributed by atoms with E-state index in [9.17, 15) is 4.79 Å². The van der Waals surface area contributed by atoms with Gasteiger partial charge in [0.1, 0.15) is 0 Å². The van der Waals surface area contributed by atoms with E-state index < -0.39 is 0 Å². The topological polar surface area (TPSA) is 29.1 Å². The van der Waals surface area contributed by atoms with Crippen LogP contribution in [0.4, 0.5) is 0 Å². The van der Waals surface area contributed by atoms with Gasteiger partial charge in [0.05, 0.1) is 6.04 Å². The third kappa shape index (κ3) is 2.71. The van der Waals surface area contributed by atoms with E-state index in [-0.39, 0.29) is 6.04 Å². The van der Waals surface area contributed by atoms with Gasteiger partial charge < -0.3 is 5.32 Å². The van der Waals surface area contributed by atoms with Gasteiger partial charge in [0, 0.05) is 10.6 Å². The summed E-state index contributed by atoms with van der Waals surface area (Å²) in [6.07, 6.45) is 0.715. The standard InChI is InChI=1S/C15H14ClNO/c1-11(17-10-18)12-6-8-13(9-7-12)14-4-2-3-5-15(14)16/h2-11H,1H3,(H,17,18)/t11-/m0/s1. The van der Waals surface area contributed by atoms with Crippen LogP contribution in [0, 0.1) is 0 Å². The van der Waals surface area contributed by atoms with Crippen LogP contribution in [-0.2, 0) is 4.79 Å². The molecular weight excluding hydrogens is 246 g/mol. The minimum atomic E-state index is 0.0165. The van der Waals surface area contributed by atoms with E-state index in [4.69, 9.17) is 11.6 Å². The zero-order chi connectivity index (χ0) is 13.0. The minimum Gasteiger partial charge on any atom is -0.352 e. The molecule has 1 N–H and O–H groups in total. The number of halogens is 1. The van der Waals surface area contributed by atoms with Gasteiger partial charge in [-0.25, -0.2) is 0 Å². The van der Waals surface area contributed by atoms with Crippen LogP contribution in [0.25, 0.3) is 11.1 Å². The lowest BCUT2D eigenvalue weighted by Gasteiger charge is -2.11. The Morgan fingerprint density at radius 1 is 1.11 bits per heavy atom. The molecule has 0 saturated heterocycles. The quantitative estimate of drug-likeness (QED) is 0.831. The molecule has 0 heterocycles. The van der Waals surface area contributed by atoms with Crippen LogP contribution in [0.2, 0.25) is 5.02 Å². The number of hydrogen-bond donors (Lipinski definition) is 1. The first-order valence-corrected chi connectivity index (χ1v) is 6.14. The van der Waals surface area contributed by atoms with Gasteiger partial charge >= 0.3 is 0 Å². The second-order valence-corrected chi connectivity index (χ2v) is 4.52. The Labute approximate surface area is 112 Å².